The van der Waals surface area contributed by atoms with E-state index >= 15 is 0 Å². The Kier molecular flexibility index (Phi) is 4.20. The molecule has 7 nitrogen and oxygen atoms in total. The molecule has 1 aliphatic rings. The number of benzene rings is 3. The summed E-state index contributed by atoms with van der Waals surface area (Å²) in [6.45, 7) is 0. The highest BCUT2D eigenvalue weighted by Gasteiger charge is 2.31. The summed E-state index contributed by atoms with van der Waals surface area (Å²) >= 11 is 0. The SMILES string of the molecule is O=C(O)c1cccc(NC(=O)c2cccc3c2C(=O)c2ccccc2-3)c1C(=O)O. The van der Waals surface area contributed by atoms with Crippen LogP contribution in [-0.2, 0) is 0 Å². The maximum atomic E-state index is 12.9. The van der Waals surface area contributed by atoms with Crippen LogP contribution in [0.1, 0.15) is 47.0 Å². The second kappa shape index (κ2) is 6.72. The zero-order valence-electron chi connectivity index (χ0n) is 14.8. The number of amides is 1. The molecule has 7 heteroatoms. The van der Waals surface area contributed by atoms with Gasteiger partial charge in [-0.25, -0.2) is 9.59 Å². The van der Waals surface area contributed by atoms with Crippen molar-refractivity contribution in [2.75, 3.05) is 5.32 Å². The third kappa shape index (κ3) is 2.85. The molecule has 0 radical (unpaired) electrons. The van der Waals surface area contributed by atoms with Crippen molar-refractivity contribution in [3.05, 3.63) is 88.5 Å². The summed E-state index contributed by atoms with van der Waals surface area (Å²) < 4.78 is 0. The minimum absolute atomic E-state index is 0.0840. The van der Waals surface area contributed by atoms with Gasteiger partial charge >= 0.3 is 11.9 Å². The van der Waals surface area contributed by atoms with Crippen molar-refractivity contribution in [3.8, 4) is 11.1 Å². The second-order valence-electron chi connectivity index (χ2n) is 6.40. The van der Waals surface area contributed by atoms with Crippen LogP contribution < -0.4 is 5.32 Å². The van der Waals surface area contributed by atoms with Gasteiger partial charge in [0, 0.05) is 11.1 Å². The molecular formula is C22H13NO6. The monoisotopic (exact) mass is 387 g/mol. The number of carboxylic acid groups (broad SMARTS) is 2. The second-order valence-corrected chi connectivity index (χ2v) is 6.40. The Morgan fingerprint density at radius 1 is 0.690 bits per heavy atom. The molecule has 29 heavy (non-hydrogen) atoms. The van der Waals surface area contributed by atoms with Crippen LogP contribution in [0.2, 0.25) is 0 Å². The van der Waals surface area contributed by atoms with Gasteiger partial charge in [-0.1, -0.05) is 42.5 Å². The summed E-state index contributed by atoms with van der Waals surface area (Å²) in [5.74, 6) is -3.91. The van der Waals surface area contributed by atoms with Crippen LogP contribution in [0.5, 0.6) is 0 Å². The normalized spacial score (nSPS) is 11.5. The molecule has 3 aromatic rings. The lowest BCUT2D eigenvalue weighted by atomic mass is 9.99. The minimum atomic E-state index is -1.49. The number of nitrogens with one attached hydrogen (secondary N) is 1. The molecule has 0 saturated carbocycles. The van der Waals surface area contributed by atoms with Gasteiger partial charge < -0.3 is 15.5 Å². The van der Waals surface area contributed by atoms with Gasteiger partial charge in [0.05, 0.1) is 22.4 Å². The van der Waals surface area contributed by atoms with Gasteiger partial charge in [0.1, 0.15) is 0 Å². The molecule has 1 aliphatic carbocycles. The van der Waals surface area contributed by atoms with Crippen LogP contribution in [0, 0.1) is 0 Å². The number of hydrogen-bond donors (Lipinski definition) is 3. The molecule has 3 aromatic carbocycles. The van der Waals surface area contributed by atoms with E-state index in [9.17, 15) is 29.4 Å². The summed E-state index contributed by atoms with van der Waals surface area (Å²) in [6, 6.07) is 15.6. The van der Waals surface area contributed by atoms with Crippen LogP contribution in [0.25, 0.3) is 11.1 Å². The largest absolute Gasteiger partial charge is 0.478 e. The van der Waals surface area contributed by atoms with Crippen LogP contribution in [0.3, 0.4) is 0 Å². The van der Waals surface area contributed by atoms with Gasteiger partial charge in [-0.2, -0.15) is 0 Å². The summed E-state index contributed by atoms with van der Waals surface area (Å²) in [7, 11) is 0. The van der Waals surface area contributed by atoms with Crippen molar-refractivity contribution < 1.29 is 29.4 Å². The average Bonchev–Trinajstić information content (AvgIpc) is 3.00. The third-order valence-electron chi connectivity index (χ3n) is 4.75. The number of anilines is 1. The molecular weight excluding hydrogens is 374 g/mol. The van der Waals surface area contributed by atoms with Crippen molar-refractivity contribution in [3.63, 3.8) is 0 Å². The number of carbonyl (C=O) groups is 4. The summed E-state index contributed by atoms with van der Waals surface area (Å²) in [6.07, 6.45) is 0. The first-order chi connectivity index (χ1) is 13.9. The summed E-state index contributed by atoms with van der Waals surface area (Å²) in [5.41, 5.74) is 1.01. The Hall–Kier alpha value is -4.26. The number of aromatic carboxylic acids is 2. The number of rotatable bonds is 4. The number of carbonyl (C=O) groups excluding carboxylic acids is 2. The highest BCUT2D eigenvalue weighted by atomic mass is 16.4. The zero-order chi connectivity index (χ0) is 20.7. The van der Waals surface area contributed by atoms with E-state index in [0.717, 1.165) is 11.6 Å². The molecule has 0 atom stereocenters. The lowest BCUT2D eigenvalue weighted by Gasteiger charge is -2.12. The molecule has 0 unspecified atom stereocenters. The quantitative estimate of drug-likeness (QED) is 0.492. The molecule has 0 spiro atoms. The van der Waals surface area contributed by atoms with Crippen LogP contribution >= 0.6 is 0 Å². The lowest BCUT2D eigenvalue weighted by molar-refractivity contribution is 0.0652. The van der Waals surface area contributed by atoms with E-state index in [1.807, 2.05) is 0 Å². The van der Waals surface area contributed by atoms with E-state index in [4.69, 9.17) is 0 Å². The van der Waals surface area contributed by atoms with Gasteiger partial charge in [0.2, 0.25) is 0 Å². The standard InChI is InChI=1S/C22H13NO6/c24-19-13-6-2-1-5-11(13)12-7-3-8-14(17(12)19)20(25)23-16-10-4-9-15(21(26)27)18(16)22(28)29/h1-10H,(H,23,25)(H,26,27)(H,28,29). The van der Waals surface area contributed by atoms with E-state index in [-0.39, 0.29) is 22.6 Å². The summed E-state index contributed by atoms with van der Waals surface area (Å²) in [5, 5.41) is 21.1. The van der Waals surface area contributed by atoms with Crippen LogP contribution in [0.4, 0.5) is 5.69 Å². The van der Waals surface area contributed by atoms with Gasteiger partial charge in [-0.15, -0.1) is 0 Å². The van der Waals surface area contributed by atoms with Crippen molar-refractivity contribution in [1.29, 1.82) is 0 Å². The van der Waals surface area contributed by atoms with Crippen LogP contribution in [-0.4, -0.2) is 33.8 Å². The Labute approximate surface area is 164 Å². The average molecular weight is 387 g/mol. The zero-order valence-corrected chi connectivity index (χ0v) is 14.8. The van der Waals surface area contributed by atoms with Gasteiger partial charge in [-0.3, -0.25) is 9.59 Å². The highest BCUT2D eigenvalue weighted by Crippen LogP contribution is 2.38. The Balaban J connectivity index is 1.78. The van der Waals surface area contributed by atoms with E-state index in [0.29, 0.717) is 11.1 Å². The van der Waals surface area contributed by atoms with E-state index in [1.54, 1.807) is 36.4 Å². The fourth-order valence-electron chi connectivity index (χ4n) is 3.52. The van der Waals surface area contributed by atoms with E-state index in [1.165, 1.54) is 18.2 Å². The van der Waals surface area contributed by atoms with Crippen molar-refractivity contribution in [2.24, 2.45) is 0 Å². The molecule has 142 valence electrons. The minimum Gasteiger partial charge on any atom is -0.478 e. The molecule has 0 fully saturated rings. The molecule has 4 rings (SSSR count). The maximum absolute atomic E-state index is 12.9. The third-order valence-corrected chi connectivity index (χ3v) is 4.75. The maximum Gasteiger partial charge on any atom is 0.338 e. The smallest absolute Gasteiger partial charge is 0.338 e. The van der Waals surface area contributed by atoms with Crippen LogP contribution in [0.15, 0.2) is 60.7 Å². The fraction of sp³-hybridized carbons (Fsp3) is 0. The van der Waals surface area contributed by atoms with Crippen molar-refractivity contribution in [2.45, 2.75) is 0 Å². The number of fused-ring (bicyclic) bond motifs is 3. The Morgan fingerprint density at radius 3 is 2.00 bits per heavy atom. The fourth-order valence-corrected chi connectivity index (χ4v) is 3.52. The molecule has 1 amide bonds. The first kappa shape index (κ1) is 18.1. The predicted molar refractivity (Wildman–Crippen MR) is 104 cm³/mol. The predicted octanol–water partition coefficient (Wildman–Crippen LogP) is 3.55. The Bertz CT molecular complexity index is 1230. The number of carboxylic acids is 2. The first-order valence-corrected chi connectivity index (χ1v) is 8.58. The van der Waals surface area contributed by atoms with E-state index in [2.05, 4.69) is 5.32 Å². The summed E-state index contributed by atoms with van der Waals surface area (Å²) in [4.78, 5) is 48.7. The number of ketones is 1. The molecule has 0 heterocycles. The molecule has 3 N–H and O–H groups in total. The van der Waals surface area contributed by atoms with E-state index < -0.39 is 29.0 Å². The molecule has 0 saturated heterocycles. The van der Waals surface area contributed by atoms with Crippen molar-refractivity contribution in [1.82, 2.24) is 0 Å². The Morgan fingerprint density at radius 2 is 1.31 bits per heavy atom. The van der Waals surface area contributed by atoms with Gasteiger partial charge in [0.15, 0.2) is 5.78 Å². The van der Waals surface area contributed by atoms with Crippen molar-refractivity contribution >= 4 is 29.3 Å². The lowest BCUT2D eigenvalue weighted by Crippen LogP contribution is -2.19. The highest BCUT2D eigenvalue weighted by molar-refractivity contribution is 6.27. The van der Waals surface area contributed by atoms with Gasteiger partial charge in [0.25, 0.3) is 5.91 Å². The van der Waals surface area contributed by atoms with Gasteiger partial charge in [-0.05, 0) is 29.3 Å². The number of hydrogen-bond acceptors (Lipinski definition) is 4. The molecule has 0 bridgehead atoms. The molecule has 0 aromatic heterocycles. The first-order valence-electron chi connectivity index (χ1n) is 8.58. The topological polar surface area (TPSA) is 121 Å². The molecule has 0 aliphatic heterocycles.